The van der Waals surface area contributed by atoms with Crippen LogP contribution in [0.25, 0.3) is 0 Å². The van der Waals surface area contributed by atoms with E-state index in [4.69, 9.17) is 16.3 Å². The predicted octanol–water partition coefficient (Wildman–Crippen LogP) is 2.88. The summed E-state index contributed by atoms with van der Waals surface area (Å²) >= 11 is 9.23. The molecule has 1 heterocycles. The van der Waals surface area contributed by atoms with E-state index in [2.05, 4.69) is 21.2 Å². The summed E-state index contributed by atoms with van der Waals surface area (Å²) < 4.78 is 5.94. The Bertz CT molecular complexity index is 383. The van der Waals surface area contributed by atoms with E-state index in [0.29, 0.717) is 11.6 Å². The van der Waals surface area contributed by atoms with Gasteiger partial charge in [-0.05, 0) is 18.2 Å². The second-order valence-electron chi connectivity index (χ2n) is 2.94. The number of hydrogen-bond donors (Lipinski definition) is 1. The average Bonchev–Trinajstić information content (AvgIpc) is 2.56. The zero-order valence-electron chi connectivity index (χ0n) is 7.09. The third-order valence-electron chi connectivity index (χ3n) is 1.99. The molecule has 1 saturated heterocycles. The Morgan fingerprint density at radius 2 is 2.36 bits per heavy atom. The normalized spacial score (nSPS) is 20.4. The summed E-state index contributed by atoms with van der Waals surface area (Å²) in [5, 5.41) is 3.22. The van der Waals surface area contributed by atoms with Gasteiger partial charge < -0.3 is 10.1 Å². The highest BCUT2D eigenvalue weighted by molar-refractivity contribution is 9.10. The van der Waals surface area contributed by atoms with Crippen molar-refractivity contribution in [3.8, 4) is 0 Å². The summed E-state index contributed by atoms with van der Waals surface area (Å²) in [6.07, 6.45) is -0.641. The van der Waals surface area contributed by atoms with Gasteiger partial charge in [-0.2, -0.15) is 0 Å². The number of carbonyl (C=O) groups is 1. The van der Waals surface area contributed by atoms with E-state index in [0.717, 1.165) is 10.0 Å². The first-order valence-electron chi connectivity index (χ1n) is 4.06. The van der Waals surface area contributed by atoms with Crippen molar-refractivity contribution < 1.29 is 9.53 Å². The Balaban J connectivity index is 2.31. The number of rotatable bonds is 1. The molecule has 1 aromatic carbocycles. The highest BCUT2D eigenvalue weighted by atomic mass is 79.9. The summed E-state index contributed by atoms with van der Waals surface area (Å²) in [7, 11) is 0. The molecule has 1 unspecified atom stereocenters. The number of amides is 1. The van der Waals surface area contributed by atoms with Gasteiger partial charge in [0.05, 0.1) is 6.54 Å². The topological polar surface area (TPSA) is 38.3 Å². The molecule has 74 valence electrons. The average molecular weight is 277 g/mol. The van der Waals surface area contributed by atoms with Crippen molar-refractivity contribution in [2.75, 3.05) is 6.54 Å². The molecule has 1 amide bonds. The fraction of sp³-hybridized carbons (Fsp3) is 0.222. The van der Waals surface area contributed by atoms with Gasteiger partial charge in [0.2, 0.25) is 0 Å². The van der Waals surface area contributed by atoms with E-state index in [1.54, 1.807) is 12.1 Å². The number of ether oxygens (including phenoxy) is 1. The van der Waals surface area contributed by atoms with Crippen LogP contribution in [0.1, 0.15) is 11.7 Å². The lowest BCUT2D eigenvalue weighted by Crippen LogP contribution is -2.12. The van der Waals surface area contributed by atoms with Gasteiger partial charge in [-0.25, -0.2) is 4.79 Å². The molecule has 0 spiro atoms. The maximum absolute atomic E-state index is 10.8. The van der Waals surface area contributed by atoms with E-state index >= 15 is 0 Å². The molecular formula is C9H7BrClNO2. The molecule has 1 atom stereocenters. The molecule has 1 N–H and O–H groups in total. The standard InChI is InChI=1S/C9H7BrClNO2/c10-7-2-1-5(11)3-6(7)8-4-12-9(13)14-8/h1-3,8H,4H2,(H,12,13). The number of nitrogens with one attached hydrogen (secondary N) is 1. The molecule has 14 heavy (non-hydrogen) atoms. The van der Waals surface area contributed by atoms with Crippen LogP contribution in [0.3, 0.4) is 0 Å². The number of hydrogen-bond acceptors (Lipinski definition) is 2. The van der Waals surface area contributed by atoms with Gasteiger partial charge in [-0.15, -0.1) is 0 Å². The minimum Gasteiger partial charge on any atom is -0.439 e. The molecule has 0 radical (unpaired) electrons. The third kappa shape index (κ3) is 1.86. The number of carbonyl (C=O) groups excluding carboxylic acids is 1. The zero-order chi connectivity index (χ0) is 10.1. The van der Waals surface area contributed by atoms with Gasteiger partial charge in [0.25, 0.3) is 0 Å². The minimum absolute atomic E-state index is 0.254. The number of halogens is 2. The summed E-state index contributed by atoms with van der Waals surface area (Å²) in [5.74, 6) is 0. The number of benzene rings is 1. The van der Waals surface area contributed by atoms with Crippen molar-refractivity contribution in [1.29, 1.82) is 0 Å². The van der Waals surface area contributed by atoms with Crippen molar-refractivity contribution in [3.05, 3.63) is 33.3 Å². The van der Waals surface area contributed by atoms with Crippen LogP contribution in [0, 0.1) is 0 Å². The van der Waals surface area contributed by atoms with Crippen LogP contribution in [0.2, 0.25) is 5.02 Å². The van der Waals surface area contributed by atoms with Gasteiger partial charge in [-0.3, -0.25) is 0 Å². The third-order valence-corrected chi connectivity index (χ3v) is 2.94. The van der Waals surface area contributed by atoms with Crippen molar-refractivity contribution in [3.63, 3.8) is 0 Å². The van der Waals surface area contributed by atoms with E-state index in [1.165, 1.54) is 0 Å². The monoisotopic (exact) mass is 275 g/mol. The van der Waals surface area contributed by atoms with Gasteiger partial charge in [0.15, 0.2) is 0 Å². The molecule has 5 heteroatoms. The molecule has 0 saturated carbocycles. The Labute approximate surface area is 94.5 Å². The van der Waals surface area contributed by atoms with E-state index in [1.807, 2.05) is 6.07 Å². The van der Waals surface area contributed by atoms with Crippen molar-refractivity contribution >= 4 is 33.6 Å². The lowest BCUT2D eigenvalue weighted by molar-refractivity contribution is 0.141. The quantitative estimate of drug-likeness (QED) is 0.856. The molecule has 0 aliphatic carbocycles. The fourth-order valence-corrected chi connectivity index (χ4v) is 2.01. The summed E-state index contributed by atoms with van der Waals surface area (Å²) in [6, 6.07) is 5.40. The Morgan fingerprint density at radius 3 is 3.00 bits per heavy atom. The smallest absolute Gasteiger partial charge is 0.407 e. The predicted molar refractivity (Wildman–Crippen MR) is 56.4 cm³/mol. The van der Waals surface area contributed by atoms with E-state index in [9.17, 15) is 4.79 Å². The first-order chi connectivity index (χ1) is 6.66. The lowest BCUT2D eigenvalue weighted by Gasteiger charge is -2.10. The second kappa shape index (κ2) is 3.79. The summed E-state index contributed by atoms with van der Waals surface area (Å²) in [5.41, 5.74) is 0.885. The van der Waals surface area contributed by atoms with E-state index < -0.39 is 0 Å². The number of cyclic esters (lactones) is 1. The molecule has 2 rings (SSSR count). The molecular weight excluding hydrogens is 269 g/mol. The molecule has 1 aliphatic heterocycles. The number of alkyl carbamates (subject to hydrolysis) is 1. The Hall–Kier alpha value is -0.740. The van der Waals surface area contributed by atoms with E-state index in [-0.39, 0.29) is 12.2 Å². The first-order valence-corrected chi connectivity index (χ1v) is 5.23. The molecule has 3 nitrogen and oxygen atoms in total. The molecule has 1 aliphatic rings. The zero-order valence-corrected chi connectivity index (χ0v) is 9.43. The summed E-state index contributed by atoms with van der Waals surface area (Å²) in [4.78, 5) is 10.8. The molecule has 1 fully saturated rings. The molecule has 0 bridgehead atoms. The van der Waals surface area contributed by atoms with Crippen LogP contribution in [0.4, 0.5) is 4.79 Å². The highest BCUT2D eigenvalue weighted by Crippen LogP contribution is 2.30. The maximum atomic E-state index is 10.8. The molecule has 1 aromatic rings. The van der Waals surface area contributed by atoms with Gasteiger partial charge in [-0.1, -0.05) is 27.5 Å². The minimum atomic E-state index is -0.387. The Kier molecular flexibility index (Phi) is 2.65. The van der Waals surface area contributed by atoms with Crippen molar-refractivity contribution in [1.82, 2.24) is 5.32 Å². The van der Waals surface area contributed by atoms with Gasteiger partial charge in [0, 0.05) is 15.1 Å². The Morgan fingerprint density at radius 1 is 1.57 bits per heavy atom. The van der Waals surface area contributed by atoms with Crippen LogP contribution in [-0.4, -0.2) is 12.6 Å². The molecule has 0 aromatic heterocycles. The summed E-state index contributed by atoms with van der Waals surface area (Å²) in [6.45, 7) is 0.484. The second-order valence-corrected chi connectivity index (χ2v) is 4.23. The first kappa shape index (κ1) is 9.80. The largest absolute Gasteiger partial charge is 0.439 e. The SMILES string of the molecule is O=C1NCC(c2cc(Cl)ccc2Br)O1. The van der Waals surface area contributed by atoms with Crippen LogP contribution in [0.5, 0.6) is 0 Å². The van der Waals surface area contributed by atoms with Crippen LogP contribution in [0.15, 0.2) is 22.7 Å². The fourth-order valence-electron chi connectivity index (χ4n) is 1.32. The maximum Gasteiger partial charge on any atom is 0.407 e. The van der Waals surface area contributed by atoms with Crippen LogP contribution >= 0.6 is 27.5 Å². The van der Waals surface area contributed by atoms with Crippen LogP contribution < -0.4 is 5.32 Å². The highest BCUT2D eigenvalue weighted by Gasteiger charge is 2.25. The van der Waals surface area contributed by atoms with Gasteiger partial charge in [0.1, 0.15) is 6.10 Å². The van der Waals surface area contributed by atoms with Crippen LogP contribution in [-0.2, 0) is 4.74 Å². The van der Waals surface area contributed by atoms with Crippen molar-refractivity contribution in [2.24, 2.45) is 0 Å². The lowest BCUT2D eigenvalue weighted by atomic mass is 10.1. The van der Waals surface area contributed by atoms with Crippen molar-refractivity contribution in [2.45, 2.75) is 6.10 Å². The van der Waals surface area contributed by atoms with Gasteiger partial charge >= 0.3 is 6.09 Å².